The van der Waals surface area contributed by atoms with Crippen LogP contribution in [0, 0.1) is 6.92 Å². The van der Waals surface area contributed by atoms with E-state index in [9.17, 15) is 19.8 Å². The topological polar surface area (TPSA) is 99.5 Å². The van der Waals surface area contributed by atoms with Crippen molar-refractivity contribution in [3.63, 3.8) is 0 Å². The molecule has 2 aliphatic rings. The van der Waals surface area contributed by atoms with Crippen LogP contribution in [0.3, 0.4) is 0 Å². The van der Waals surface area contributed by atoms with Crippen molar-refractivity contribution in [2.45, 2.75) is 26.0 Å². The Balaban J connectivity index is 1.42. The number of aliphatic hydroxyl groups is 1. The lowest BCUT2D eigenvalue weighted by Crippen LogP contribution is -2.38. The third-order valence-corrected chi connectivity index (χ3v) is 7.43. The number of aryl methyl sites for hydroxylation is 1. The highest BCUT2D eigenvalue weighted by Crippen LogP contribution is 2.40. The molecule has 0 aromatic heterocycles. The smallest absolute Gasteiger partial charge is 0.295 e. The zero-order chi connectivity index (χ0) is 28.1. The van der Waals surface area contributed by atoms with Gasteiger partial charge in [-0.3, -0.25) is 14.5 Å². The third kappa shape index (κ3) is 6.03. The Labute approximate surface area is 234 Å². The lowest BCUT2D eigenvalue weighted by molar-refractivity contribution is -0.140. The summed E-state index contributed by atoms with van der Waals surface area (Å²) in [5.41, 5.74) is 2.90. The number of rotatable bonds is 9. The molecule has 0 radical (unpaired) electrons. The summed E-state index contributed by atoms with van der Waals surface area (Å²) in [6.07, 6.45) is 0.675. The second-order valence-corrected chi connectivity index (χ2v) is 10.1. The molecule has 2 fully saturated rings. The van der Waals surface area contributed by atoms with Crippen molar-refractivity contribution in [1.82, 2.24) is 9.80 Å². The molecule has 8 heteroatoms. The Hall–Kier alpha value is -4.14. The van der Waals surface area contributed by atoms with Gasteiger partial charge in [-0.15, -0.1) is 0 Å². The molecule has 0 saturated carbocycles. The second-order valence-electron chi connectivity index (χ2n) is 10.1. The molecule has 208 valence electrons. The van der Waals surface area contributed by atoms with Crippen LogP contribution >= 0.6 is 0 Å². The van der Waals surface area contributed by atoms with Gasteiger partial charge >= 0.3 is 0 Å². The van der Waals surface area contributed by atoms with Gasteiger partial charge in [0.15, 0.2) is 0 Å². The van der Waals surface area contributed by atoms with E-state index in [-0.39, 0.29) is 17.1 Å². The fraction of sp³-hybridized carbons (Fsp3) is 0.312. The highest BCUT2D eigenvalue weighted by Gasteiger charge is 2.46. The first-order chi connectivity index (χ1) is 19.4. The Morgan fingerprint density at radius 3 is 2.40 bits per heavy atom. The Morgan fingerprint density at radius 1 is 0.975 bits per heavy atom. The molecule has 8 nitrogen and oxygen atoms in total. The van der Waals surface area contributed by atoms with Crippen LogP contribution in [0.2, 0.25) is 0 Å². The number of morpholine rings is 1. The zero-order valence-electron chi connectivity index (χ0n) is 22.6. The maximum Gasteiger partial charge on any atom is 0.295 e. The maximum atomic E-state index is 13.4. The lowest BCUT2D eigenvalue weighted by atomic mass is 9.93. The first-order valence-corrected chi connectivity index (χ1v) is 13.6. The number of aliphatic hydroxyl groups excluding tert-OH is 1. The van der Waals surface area contributed by atoms with Crippen LogP contribution in [0.15, 0.2) is 78.4 Å². The predicted octanol–water partition coefficient (Wildman–Crippen LogP) is 4.42. The molecule has 2 aliphatic heterocycles. The normalized spacial score (nSPS) is 19.2. The van der Waals surface area contributed by atoms with Gasteiger partial charge in [0.25, 0.3) is 11.7 Å². The second kappa shape index (κ2) is 12.4. The Bertz CT molecular complexity index is 1380. The molecule has 2 saturated heterocycles. The van der Waals surface area contributed by atoms with E-state index in [2.05, 4.69) is 4.90 Å². The van der Waals surface area contributed by atoms with Gasteiger partial charge in [-0.1, -0.05) is 42.5 Å². The van der Waals surface area contributed by atoms with E-state index in [4.69, 9.17) is 9.47 Å². The van der Waals surface area contributed by atoms with E-state index in [1.807, 2.05) is 43.3 Å². The molecule has 0 unspecified atom stereocenters. The van der Waals surface area contributed by atoms with Crippen molar-refractivity contribution in [3.05, 3.63) is 101 Å². The predicted molar refractivity (Wildman–Crippen MR) is 151 cm³/mol. The van der Waals surface area contributed by atoms with E-state index in [1.165, 1.54) is 17.0 Å². The number of aromatic hydroxyl groups is 1. The van der Waals surface area contributed by atoms with Crippen molar-refractivity contribution < 1.29 is 29.3 Å². The van der Waals surface area contributed by atoms with Gasteiger partial charge in [0.1, 0.15) is 23.9 Å². The van der Waals surface area contributed by atoms with E-state index in [0.717, 1.165) is 25.2 Å². The molecule has 3 aromatic rings. The standard InChI is InChI=1S/C32H34N2O6/c1-22-20-26(40-21-23-6-3-2-4-7-23)12-13-27(22)30(36)28-29(24-8-10-25(35)11-9-24)34(32(38)31(28)37)15-5-14-33-16-18-39-19-17-33/h2-4,6-13,20,29,35-36H,5,14-19,21H2,1H3/b30-28+/t29-/m1/s1. The van der Waals surface area contributed by atoms with Gasteiger partial charge in [0.2, 0.25) is 0 Å². The quantitative estimate of drug-likeness (QED) is 0.235. The SMILES string of the molecule is Cc1cc(OCc2ccccc2)ccc1/C(O)=C1\C(=O)C(=O)N(CCCN2CCOCC2)[C@@H]1c1ccc(O)cc1. The van der Waals surface area contributed by atoms with Crippen LogP contribution in [0.1, 0.15) is 34.7 Å². The molecule has 40 heavy (non-hydrogen) atoms. The first-order valence-electron chi connectivity index (χ1n) is 13.6. The lowest BCUT2D eigenvalue weighted by Gasteiger charge is -2.29. The van der Waals surface area contributed by atoms with Gasteiger partial charge in [0.05, 0.1) is 24.8 Å². The largest absolute Gasteiger partial charge is 0.508 e. The van der Waals surface area contributed by atoms with Crippen LogP contribution < -0.4 is 4.74 Å². The number of amides is 1. The van der Waals surface area contributed by atoms with E-state index < -0.39 is 17.7 Å². The molecule has 2 N–H and O–H groups in total. The van der Waals surface area contributed by atoms with Gasteiger partial charge < -0.3 is 24.6 Å². The molecule has 0 spiro atoms. The number of benzene rings is 3. The number of likely N-dealkylation sites (tertiary alicyclic amines) is 1. The summed E-state index contributed by atoms with van der Waals surface area (Å²) in [6, 6.07) is 20.7. The van der Waals surface area contributed by atoms with Crippen LogP contribution in [-0.4, -0.2) is 71.1 Å². The fourth-order valence-corrected chi connectivity index (χ4v) is 5.28. The third-order valence-electron chi connectivity index (χ3n) is 7.43. The number of phenolic OH excluding ortho intramolecular Hbond substituents is 1. The van der Waals surface area contributed by atoms with Crippen molar-refractivity contribution in [2.75, 3.05) is 39.4 Å². The molecule has 3 aromatic carbocycles. The monoisotopic (exact) mass is 542 g/mol. The minimum absolute atomic E-state index is 0.0446. The first kappa shape index (κ1) is 27.4. The highest BCUT2D eigenvalue weighted by molar-refractivity contribution is 6.46. The van der Waals surface area contributed by atoms with E-state index >= 15 is 0 Å². The fourth-order valence-electron chi connectivity index (χ4n) is 5.28. The number of hydrogen-bond donors (Lipinski definition) is 2. The number of carbonyl (C=O) groups excluding carboxylic acids is 2. The summed E-state index contributed by atoms with van der Waals surface area (Å²) >= 11 is 0. The average Bonchev–Trinajstić information content (AvgIpc) is 3.22. The van der Waals surface area contributed by atoms with Crippen molar-refractivity contribution in [3.8, 4) is 11.5 Å². The summed E-state index contributed by atoms with van der Waals surface area (Å²) in [4.78, 5) is 30.5. The zero-order valence-corrected chi connectivity index (χ0v) is 22.6. The minimum atomic E-state index is -0.765. The van der Waals surface area contributed by atoms with Crippen molar-refractivity contribution >= 4 is 17.4 Å². The highest BCUT2D eigenvalue weighted by atomic mass is 16.5. The molecule has 5 rings (SSSR count). The number of ether oxygens (including phenoxy) is 2. The molecule has 1 amide bonds. The van der Waals surface area contributed by atoms with Gasteiger partial charge in [0, 0.05) is 31.7 Å². The molecular weight excluding hydrogens is 508 g/mol. The van der Waals surface area contributed by atoms with Crippen LogP contribution in [-0.2, 0) is 20.9 Å². The molecular formula is C32H34N2O6. The summed E-state index contributed by atoms with van der Waals surface area (Å²) in [5, 5.41) is 21.3. The maximum absolute atomic E-state index is 13.4. The molecule has 1 atom stereocenters. The number of Topliss-reactive ketones (excluding diaryl/α,β-unsaturated/α-hetero) is 1. The summed E-state index contributed by atoms with van der Waals surface area (Å²) < 4.78 is 11.3. The minimum Gasteiger partial charge on any atom is -0.508 e. The molecule has 0 aliphatic carbocycles. The number of phenols is 1. The number of ketones is 1. The Kier molecular flexibility index (Phi) is 8.48. The number of hydrogen-bond acceptors (Lipinski definition) is 7. The molecule has 2 heterocycles. The molecule has 0 bridgehead atoms. The van der Waals surface area contributed by atoms with Crippen LogP contribution in [0.25, 0.3) is 5.76 Å². The van der Waals surface area contributed by atoms with E-state index in [0.29, 0.717) is 55.2 Å². The summed E-state index contributed by atoms with van der Waals surface area (Å²) in [5.74, 6) is -0.862. The summed E-state index contributed by atoms with van der Waals surface area (Å²) in [6.45, 7) is 6.42. The Morgan fingerprint density at radius 2 is 1.70 bits per heavy atom. The van der Waals surface area contributed by atoms with Crippen LogP contribution in [0.4, 0.5) is 0 Å². The van der Waals surface area contributed by atoms with Crippen molar-refractivity contribution in [2.24, 2.45) is 0 Å². The number of carbonyl (C=O) groups is 2. The van der Waals surface area contributed by atoms with Gasteiger partial charge in [-0.05, 0) is 60.4 Å². The summed E-state index contributed by atoms with van der Waals surface area (Å²) in [7, 11) is 0. The number of nitrogens with zero attached hydrogens (tertiary/aromatic N) is 2. The van der Waals surface area contributed by atoms with E-state index in [1.54, 1.807) is 24.3 Å². The van der Waals surface area contributed by atoms with Gasteiger partial charge in [-0.2, -0.15) is 0 Å². The van der Waals surface area contributed by atoms with Crippen molar-refractivity contribution in [1.29, 1.82) is 0 Å². The average molecular weight is 543 g/mol. The van der Waals surface area contributed by atoms with Crippen LogP contribution in [0.5, 0.6) is 11.5 Å². The van der Waals surface area contributed by atoms with Gasteiger partial charge in [-0.25, -0.2) is 0 Å².